The molecule has 0 amide bonds. The van der Waals surface area contributed by atoms with Gasteiger partial charge in [0.2, 0.25) is 0 Å². The third-order valence-electron chi connectivity index (χ3n) is 6.46. The summed E-state index contributed by atoms with van der Waals surface area (Å²) in [5.74, 6) is 0.861. The molecule has 0 saturated heterocycles. The zero-order chi connectivity index (χ0) is 26.8. The molecule has 0 radical (unpaired) electrons. The van der Waals surface area contributed by atoms with Crippen molar-refractivity contribution in [3.05, 3.63) is 12.7 Å². The molecule has 2 aromatic heterocycles. The van der Waals surface area contributed by atoms with E-state index in [0.29, 0.717) is 23.9 Å². The van der Waals surface area contributed by atoms with Crippen molar-refractivity contribution in [2.45, 2.75) is 123 Å². The summed E-state index contributed by atoms with van der Waals surface area (Å²) in [4.78, 5) is 13.6. The van der Waals surface area contributed by atoms with Crippen molar-refractivity contribution in [3.63, 3.8) is 0 Å². The average Bonchev–Trinajstić information content (AvgIpc) is 3.61. The number of hydrogen-bond acceptors (Lipinski definition) is 6. The highest BCUT2D eigenvalue weighted by molar-refractivity contribution is 7.80. The Bertz CT molecular complexity index is 871. The predicted octanol–water partition coefficient (Wildman–Crippen LogP) is 7.05. The summed E-state index contributed by atoms with van der Waals surface area (Å²) in [7, 11) is 0. The van der Waals surface area contributed by atoms with Crippen molar-refractivity contribution in [1.82, 2.24) is 24.8 Å². The molecule has 2 aliphatic carbocycles. The molecular weight excluding hydrogens is 468 g/mol. The van der Waals surface area contributed by atoms with Gasteiger partial charge in [0.15, 0.2) is 11.5 Å². The highest BCUT2D eigenvalue weighted by atomic mass is 32.1. The lowest BCUT2D eigenvalue weighted by Crippen LogP contribution is -2.36. The molecular formula is C28H48N6OS. The summed E-state index contributed by atoms with van der Waals surface area (Å²) in [6.45, 7) is 10.8. The fraction of sp³-hybridized carbons (Fsp3) is 0.714. The van der Waals surface area contributed by atoms with E-state index in [1.165, 1.54) is 57.8 Å². The lowest BCUT2D eigenvalue weighted by Gasteiger charge is -2.23. The Morgan fingerprint density at radius 3 is 2.28 bits per heavy atom. The number of fused-ring (bicyclic) bond motifs is 1. The third kappa shape index (κ3) is 9.93. The van der Waals surface area contributed by atoms with Gasteiger partial charge in [-0.05, 0) is 57.7 Å². The molecule has 0 bridgehead atoms. The Balaban J connectivity index is 0.00000101. The molecule has 7 nitrogen and oxygen atoms in total. The Labute approximate surface area is 224 Å². The number of ether oxygens (including phenoxy) is 1. The van der Waals surface area contributed by atoms with Crippen LogP contribution in [-0.4, -0.2) is 43.4 Å². The quantitative estimate of drug-likeness (QED) is 0.221. The van der Waals surface area contributed by atoms with Crippen LogP contribution in [0, 0.1) is 12.8 Å². The lowest BCUT2D eigenvalue weighted by molar-refractivity contribution is 0.268. The first kappa shape index (κ1) is 31.6. The van der Waals surface area contributed by atoms with Gasteiger partial charge in [-0.3, -0.25) is 0 Å². The molecule has 0 spiro atoms. The molecule has 36 heavy (non-hydrogen) atoms. The zero-order valence-electron chi connectivity index (χ0n) is 23.1. The van der Waals surface area contributed by atoms with Gasteiger partial charge in [0, 0.05) is 18.1 Å². The first-order chi connectivity index (χ1) is 17.7. The zero-order valence-corrected chi connectivity index (χ0v) is 23.9. The van der Waals surface area contributed by atoms with E-state index in [9.17, 15) is 0 Å². The van der Waals surface area contributed by atoms with Crippen LogP contribution in [0.4, 0.5) is 5.82 Å². The van der Waals surface area contributed by atoms with Crippen molar-refractivity contribution in [2.24, 2.45) is 0 Å². The minimum atomic E-state index is 0.285. The number of nitrogens with one attached hydrogen (secondary N) is 2. The van der Waals surface area contributed by atoms with E-state index in [1.54, 1.807) is 6.33 Å². The number of imidazole rings is 1. The number of hydrogen-bond donors (Lipinski definition) is 2. The summed E-state index contributed by atoms with van der Waals surface area (Å²) in [6, 6.07) is 1.29. The molecule has 2 heterocycles. The van der Waals surface area contributed by atoms with Gasteiger partial charge < -0.3 is 19.9 Å². The van der Waals surface area contributed by atoms with Gasteiger partial charge in [0.1, 0.15) is 11.8 Å². The summed E-state index contributed by atoms with van der Waals surface area (Å²) in [5, 5.41) is 7.48. The molecule has 2 aliphatic rings. The number of aromatic nitrogens is 4. The van der Waals surface area contributed by atoms with E-state index in [1.807, 2.05) is 34.0 Å². The first-order valence-electron chi connectivity index (χ1n) is 13.9. The summed E-state index contributed by atoms with van der Waals surface area (Å²) < 4.78 is 7.90. The SMILES string of the molecule is C#C.CC.CC.CC(CCCOC(=S)NC1CCCCC1)n1cnc2c(NC3CCCC3)ncnc21. The summed E-state index contributed by atoms with van der Waals surface area (Å²) >= 11 is 5.36. The van der Waals surface area contributed by atoms with Crippen LogP contribution in [0.15, 0.2) is 12.7 Å². The van der Waals surface area contributed by atoms with Crippen LogP contribution in [0.25, 0.3) is 11.2 Å². The van der Waals surface area contributed by atoms with Gasteiger partial charge >= 0.3 is 0 Å². The molecule has 8 heteroatoms. The Morgan fingerprint density at radius 1 is 1.00 bits per heavy atom. The van der Waals surface area contributed by atoms with Crippen molar-refractivity contribution in [2.75, 3.05) is 11.9 Å². The van der Waals surface area contributed by atoms with Crippen LogP contribution in [0.3, 0.4) is 0 Å². The Hall–Kier alpha value is -2.40. The van der Waals surface area contributed by atoms with E-state index in [2.05, 4.69) is 49.9 Å². The average molecular weight is 517 g/mol. The van der Waals surface area contributed by atoms with E-state index in [-0.39, 0.29) is 6.04 Å². The van der Waals surface area contributed by atoms with E-state index >= 15 is 0 Å². The van der Waals surface area contributed by atoms with Gasteiger partial charge in [-0.1, -0.05) is 59.8 Å². The second-order valence-electron chi connectivity index (χ2n) is 8.78. The molecule has 2 fully saturated rings. The Kier molecular flexibility index (Phi) is 16.5. The van der Waals surface area contributed by atoms with Crippen molar-refractivity contribution in [1.29, 1.82) is 0 Å². The standard InChI is InChI=1S/C22H34N6OS.2C2H6.C2H2/c1-16(8-7-13-29-22(30)27-18-9-3-2-4-10-18)28-15-25-19-20(23-14-24-21(19)28)26-17-11-5-6-12-17;3*1-2/h14-18H,2-13H2,1H3,(H,27,30)(H,23,24,26);2*1-2H3;1-2H. The maximum absolute atomic E-state index is 5.75. The fourth-order valence-corrected chi connectivity index (χ4v) is 4.93. The Morgan fingerprint density at radius 2 is 1.61 bits per heavy atom. The molecule has 202 valence electrons. The first-order valence-corrected chi connectivity index (χ1v) is 14.3. The minimum absolute atomic E-state index is 0.285. The smallest absolute Gasteiger partial charge is 0.256 e. The monoisotopic (exact) mass is 516 g/mol. The molecule has 0 aromatic carbocycles. The van der Waals surface area contributed by atoms with Crippen LogP contribution < -0.4 is 10.6 Å². The molecule has 1 atom stereocenters. The van der Waals surface area contributed by atoms with E-state index < -0.39 is 0 Å². The van der Waals surface area contributed by atoms with Gasteiger partial charge in [-0.2, -0.15) is 0 Å². The third-order valence-corrected chi connectivity index (χ3v) is 6.69. The van der Waals surface area contributed by atoms with Gasteiger partial charge in [-0.25, -0.2) is 15.0 Å². The van der Waals surface area contributed by atoms with Crippen LogP contribution in [0.1, 0.15) is 111 Å². The molecule has 2 N–H and O–H groups in total. The van der Waals surface area contributed by atoms with Gasteiger partial charge in [0.25, 0.3) is 5.17 Å². The molecule has 2 saturated carbocycles. The lowest BCUT2D eigenvalue weighted by atomic mass is 9.96. The number of rotatable bonds is 8. The number of terminal acetylenes is 1. The topological polar surface area (TPSA) is 76.9 Å². The van der Waals surface area contributed by atoms with E-state index in [4.69, 9.17) is 17.0 Å². The van der Waals surface area contributed by atoms with Crippen LogP contribution in [0.5, 0.6) is 0 Å². The van der Waals surface area contributed by atoms with Crippen LogP contribution in [0.2, 0.25) is 0 Å². The molecule has 0 aliphatic heterocycles. The van der Waals surface area contributed by atoms with Crippen molar-refractivity contribution >= 4 is 34.4 Å². The summed E-state index contributed by atoms with van der Waals surface area (Å²) in [6.07, 6.45) is 24.8. The maximum atomic E-state index is 5.75. The maximum Gasteiger partial charge on any atom is 0.256 e. The van der Waals surface area contributed by atoms with Gasteiger partial charge in [-0.15, -0.1) is 12.8 Å². The van der Waals surface area contributed by atoms with Crippen molar-refractivity contribution in [3.8, 4) is 12.8 Å². The normalized spacial score (nSPS) is 16.3. The fourth-order valence-electron chi connectivity index (χ4n) is 4.68. The molecule has 4 rings (SSSR count). The van der Waals surface area contributed by atoms with Crippen molar-refractivity contribution < 1.29 is 4.74 Å². The minimum Gasteiger partial charge on any atom is -0.471 e. The van der Waals surface area contributed by atoms with E-state index in [0.717, 1.165) is 29.8 Å². The number of nitrogens with zero attached hydrogens (tertiary/aromatic N) is 4. The predicted molar refractivity (Wildman–Crippen MR) is 156 cm³/mol. The van der Waals surface area contributed by atoms with Gasteiger partial charge in [0.05, 0.1) is 12.9 Å². The second-order valence-corrected chi connectivity index (χ2v) is 9.15. The highest BCUT2D eigenvalue weighted by Crippen LogP contribution is 2.26. The second kappa shape index (κ2) is 18.8. The highest BCUT2D eigenvalue weighted by Gasteiger charge is 2.19. The molecule has 2 aromatic rings. The van der Waals surface area contributed by atoms with Crippen LogP contribution >= 0.6 is 12.2 Å². The van der Waals surface area contributed by atoms with Crippen LogP contribution in [-0.2, 0) is 4.74 Å². The summed E-state index contributed by atoms with van der Waals surface area (Å²) in [5.41, 5.74) is 1.76. The molecule has 1 unspecified atom stereocenters. The largest absolute Gasteiger partial charge is 0.471 e. The number of thiocarbonyl (C=S) groups is 1. The number of anilines is 1.